The topological polar surface area (TPSA) is 70.7 Å². The molecule has 0 aromatic heterocycles. The molecule has 0 fully saturated rings. The summed E-state index contributed by atoms with van der Waals surface area (Å²) in [5.41, 5.74) is 2.60. The van der Waals surface area contributed by atoms with E-state index >= 15 is 0 Å². The minimum atomic E-state index is -0.414. The lowest BCUT2D eigenvalue weighted by molar-refractivity contribution is 0.161. The highest BCUT2D eigenvalue weighted by atomic mass is 16.6. The number of urea groups is 1. The molecule has 3 amide bonds. The third-order valence-corrected chi connectivity index (χ3v) is 4.14. The van der Waals surface area contributed by atoms with Gasteiger partial charge in [-0.25, -0.2) is 9.59 Å². The largest absolute Gasteiger partial charge is 0.449 e. The second kappa shape index (κ2) is 10.2. The maximum atomic E-state index is 12.1. The molecule has 2 rings (SSSR count). The number of benzene rings is 2. The van der Waals surface area contributed by atoms with Crippen LogP contribution in [0.15, 0.2) is 54.6 Å². The van der Waals surface area contributed by atoms with E-state index in [0.717, 1.165) is 12.8 Å². The van der Waals surface area contributed by atoms with Gasteiger partial charge in [0, 0.05) is 24.5 Å². The molecule has 1 unspecified atom stereocenters. The van der Waals surface area contributed by atoms with E-state index in [9.17, 15) is 9.59 Å². The lowest BCUT2D eigenvalue weighted by Crippen LogP contribution is -2.36. The minimum Gasteiger partial charge on any atom is -0.449 e. The molecule has 0 heterocycles. The molecular formula is C21H27N3O3. The summed E-state index contributed by atoms with van der Waals surface area (Å²) < 4.78 is 4.96. The summed E-state index contributed by atoms with van der Waals surface area (Å²) in [5, 5.41) is 5.74. The number of carbonyl (C=O) groups excluding carboxylic acids is 2. The second-order valence-electron chi connectivity index (χ2n) is 6.33. The molecule has 144 valence electrons. The molecule has 1 atom stereocenters. The van der Waals surface area contributed by atoms with Gasteiger partial charge in [0.2, 0.25) is 0 Å². The van der Waals surface area contributed by atoms with Crippen molar-refractivity contribution in [1.82, 2.24) is 5.32 Å². The van der Waals surface area contributed by atoms with E-state index in [1.165, 1.54) is 10.5 Å². The quantitative estimate of drug-likeness (QED) is 0.759. The van der Waals surface area contributed by atoms with E-state index in [2.05, 4.69) is 22.8 Å². The monoisotopic (exact) mass is 369 g/mol. The van der Waals surface area contributed by atoms with Crippen LogP contribution in [0.5, 0.6) is 0 Å². The Morgan fingerprint density at radius 1 is 1.07 bits per heavy atom. The highest BCUT2D eigenvalue weighted by Crippen LogP contribution is 2.17. The zero-order chi connectivity index (χ0) is 19.6. The number of aryl methyl sites for hydroxylation is 1. The third-order valence-electron chi connectivity index (χ3n) is 4.14. The Bertz CT molecular complexity index is 732. The van der Waals surface area contributed by atoms with Crippen LogP contribution >= 0.6 is 0 Å². The number of rotatable bonds is 7. The van der Waals surface area contributed by atoms with Gasteiger partial charge in [-0.1, -0.05) is 30.3 Å². The molecule has 6 nitrogen and oxygen atoms in total. The fraction of sp³-hybridized carbons (Fsp3) is 0.333. The van der Waals surface area contributed by atoms with E-state index in [1.807, 2.05) is 25.1 Å². The van der Waals surface area contributed by atoms with E-state index in [0.29, 0.717) is 18.0 Å². The summed E-state index contributed by atoms with van der Waals surface area (Å²) in [7, 11) is 1.64. The predicted molar refractivity (Wildman–Crippen MR) is 108 cm³/mol. The zero-order valence-corrected chi connectivity index (χ0v) is 16.1. The second-order valence-corrected chi connectivity index (χ2v) is 6.33. The molecule has 27 heavy (non-hydrogen) atoms. The summed E-state index contributed by atoms with van der Waals surface area (Å²) in [5.74, 6) is 0. The summed E-state index contributed by atoms with van der Waals surface area (Å²) in [6, 6.07) is 17.0. The first-order chi connectivity index (χ1) is 13.0. The highest BCUT2D eigenvalue weighted by molar-refractivity contribution is 5.91. The fourth-order valence-corrected chi connectivity index (χ4v) is 2.59. The van der Waals surface area contributed by atoms with Crippen molar-refractivity contribution in [3.05, 3.63) is 60.2 Å². The van der Waals surface area contributed by atoms with Crippen LogP contribution < -0.4 is 15.5 Å². The number of carbonyl (C=O) groups is 2. The van der Waals surface area contributed by atoms with Crippen LogP contribution in [0.1, 0.15) is 25.8 Å². The molecule has 0 bridgehead atoms. The number of nitrogens with one attached hydrogen (secondary N) is 2. The lowest BCUT2D eigenvalue weighted by atomic mass is 10.1. The minimum absolute atomic E-state index is 0.0550. The fourth-order valence-electron chi connectivity index (χ4n) is 2.59. The van der Waals surface area contributed by atoms with Gasteiger partial charge in [0.1, 0.15) is 0 Å². The molecule has 0 aliphatic carbocycles. The summed E-state index contributed by atoms with van der Waals surface area (Å²) in [4.78, 5) is 25.3. The number of anilines is 2. The Labute approximate surface area is 160 Å². The first-order valence-corrected chi connectivity index (χ1v) is 9.11. The Morgan fingerprint density at radius 3 is 2.37 bits per heavy atom. The number of hydrogen-bond acceptors (Lipinski definition) is 3. The Balaban J connectivity index is 1.80. The van der Waals surface area contributed by atoms with Crippen LogP contribution in [0, 0.1) is 0 Å². The van der Waals surface area contributed by atoms with Gasteiger partial charge in [0.15, 0.2) is 0 Å². The van der Waals surface area contributed by atoms with Gasteiger partial charge in [-0.3, -0.25) is 4.90 Å². The number of ether oxygens (including phenoxy) is 1. The molecule has 6 heteroatoms. The van der Waals surface area contributed by atoms with Crippen LogP contribution in [-0.2, 0) is 11.2 Å². The summed E-state index contributed by atoms with van der Waals surface area (Å²) in [6.45, 7) is 4.07. The van der Waals surface area contributed by atoms with Crippen molar-refractivity contribution in [2.24, 2.45) is 0 Å². The molecule has 0 spiro atoms. The van der Waals surface area contributed by atoms with E-state index in [1.54, 1.807) is 38.2 Å². The molecule has 2 aromatic rings. The smallest absolute Gasteiger partial charge is 0.413 e. The maximum absolute atomic E-state index is 12.1. The van der Waals surface area contributed by atoms with Gasteiger partial charge in [0.05, 0.1) is 6.61 Å². The van der Waals surface area contributed by atoms with Crippen LogP contribution in [0.2, 0.25) is 0 Å². The number of hydrogen-bond donors (Lipinski definition) is 2. The molecule has 0 saturated heterocycles. The predicted octanol–water partition coefficient (Wildman–Crippen LogP) is 4.42. The van der Waals surface area contributed by atoms with Gasteiger partial charge < -0.3 is 15.4 Å². The number of amides is 3. The van der Waals surface area contributed by atoms with Gasteiger partial charge in [0.25, 0.3) is 0 Å². The summed E-state index contributed by atoms with van der Waals surface area (Å²) in [6.07, 6.45) is 1.36. The van der Waals surface area contributed by atoms with E-state index in [4.69, 9.17) is 4.74 Å². The Morgan fingerprint density at radius 2 is 1.74 bits per heavy atom. The first kappa shape index (κ1) is 20.3. The Hall–Kier alpha value is -3.02. The summed E-state index contributed by atoms with van der Waals surface area (Å²) >= 11 is 0. The molecule has 0 saturated carbocycles. The molecular weight excluding hydrogens is 342 g/mol. The lowest BCUT2D eigenvalue weighted by Gasteiger charge is -2.17. The van der Waals surface area contributed by atoms with Crippen molar-refractivity contribution >= 4 is 23.5 Å². The average molecular weight is 369 g/mol. The SMILES string of the molecule is CCOC(=O)N(C)c1ccc(NC(=O)NC(C)CCc2ccccc2)cc1. The first-order valence-electron chi connectivity index (χ1n) is 9.11. The number of nitrogens with zero attached hydrogens (tertiary/aromatic N) is 1. The van der Waals surface area contributed by atoms with Crippen LogP contribution in [0.3, 0.4) is 0 Å². The van der Waals surface area contributed by atoms with Crippen molar-refractivity contribution in [2.45, 2.75) is 32.7 Å². The van der Waals surface area contributed by atoms with Crippen molar-refractivity contribution in [3.63, 3.8) is 0 Å². The van der Waals surface area contributed by atoms with E-state index in [-0.39, 0.29) is 12.1 Å². The van der Waals surface area contributed by atoms with Gasteiger partial charge in [-0.05, 0) is 56.5 Å². The van der Waals surface area contributed by atoms with Crippen LogP contribution in [0.4, 0.5) is 21.0 Å². The molecule has 2 aromatic carbocycles. The Kier molecular flexibility index (Phi) is 7.67. The molecule has 0 radical (unpaired) electrons. The third kappa shape index (κ3) is 6.66. The zero-order valence-electron chi connectivity index (χ0n) is 16.1. The van der Waals surface area contributed by atoms with E-state index < -0.39 is 6.09 Å². The van der Waals surface area contributed by atoms with Gasteiger partial charge >= 0.3 is 12.1 Å². The molecule has 0 aliphatic heterocycles. The molecule has 0 aliphatic rings. The van der Waals surface area contributed by atoms with Crippen molar-refractivity contribution < 1.29 is 14.3 Å². The van der Waals surface area contributed by atoms with Crippen molar-refractivity contribution in [2.75, 3.05) is 23.9 Å². The van der Waals surface area contributed by atoms with Gasteiger partial charge in [-0.2, -0.15) is 0 Å². The maximum Gasteiger partial charge on any atom is 0.413 e. The van der Waals surface area contributed by atoms with Gasteiger partial charge in [-0.15, -0.1) is 0 Å². The van der Waals surface area contributed by atoms with Crippen LogP contribution in [0.25, 0.3) is 0 Å². The standard InChI is InChI=1S/C21H27N3O3/c1-4-27-21(26)24(3)19-14-12-18(13-15-19)23-20(25)22-16(2)10-11-17-8-6-5-7-9-17/h5-9,12-16H,4,10-11H2,1-3H3,(H2,22,23,25). The van der Waals surface area contributed by atoms with Crippen molar-refractivity contribution in [3.8, 4) is 0 Å². The normalized spacial score (nSPS) is 11.4. The average Bonchev–Trinajstić information content (AvgIpc) is 2.67. The van der Waals surface area contributed by atoms with Crippen LogP contribution in [-0.4, -0.2) is 31.8 Å². The highest BCUT2D eigenvalue weighted by Gasteiger charge is 2.12. The van der Waals surface area contributed by atoms with Crippen molar-refractivity contribution in [1.29, 1.82) is 0 Å². The molecule has 2 N–H and O–H groups in total.